The number of ether oxygens (including phenoxy) is 3. The van der Waals surface area contributed by atoms with E-state index in [0.29, 0.717) is 6.42 Å². The van der Waals surface area contributed by atoms with Crippen molar-refractivity contribution in [3.05, 3.63) is 12.7 Å². The van der Waals surface area contributed by atoms with Crippen molar-refractivity contribution in [1.82, 2.24) is 0 Å². The van der Waals surface area contributed by atoms with Gasteiger partial charge in [0.25, 0.3) is 0 Å². The van der Waals surface area contributed by atoms with E-state index in [1.807, 2.05) is 6.92 Å². The van der Waals surface area contributed by atoms with Gasteiger partial charge in [-0.05, 0) is 34.1 Å². The molecule has 0 radical (unpaired) electrons. The van der Waals surface area contributed by atoms with Gasteiger partial charge in [-0.2, -0.15) is 0 Å². The molecule has 0 aliphatic heterocycles. The maximum atomic E-state index is 11.8. The summed E-state index contributed by atoms with van der Waals surface area (Å²) in [6.07, 6.45) is 0.716. The number of carbonyl (C=O) groups is 2. The molecule has 0 spiro atoms. The van der Waals surface area contributed by atoms with Crippen LogP contribution in [0.15, 0.2) is 12.7 Å². The fourth-order valence-electron chi connectivity index (χ4n) is 1.32. The van der Waals surface area contributed by atoms with Gasteiger partial charge in [-0.15, -0.1) is 4.89 Å². The van der Waals surface area contributed by atoms with Crippen molar-refractivity contribution in [2.45, 2.75) is 72.1 Å². The zero-order valence-corrected chi connectivity index (χ0v) is 14.3. The van der Waals surface area contributed by atoms with Crippen LogP contribution in [0.5, 0.6) is 0 Å². The van der Waals surface area contributed by atoms with Crippen LogP contribution in [0.1, 0.15) is 54.9 Å². The lowest BCUT2D eigenvalue weighted by Gasteiger charge is -2.34. The quantitative estimate of drug-likeness (QED) is 0.223. The summed E-state index contributed by atoms with van der Waals surface area (Å²) in [5, 5.41) is 0. The molecule has 0 fully saturated rings. The van der Waals surface area contributed by atoms with Gasteiger partial charge < -0.3 is 14.2 Å². The second-order valence-corrected chi connectivity index (χ2v) is 6.16. The minimum atomic E-state index is -1.36. The van der Waals surface area contributed by atoms with Gasteiger partial charge in [-0.25, -0.2) is 9.59 Å². The summed E-state index contributed by atoms with van der Waals surface area (Å²) in [5.41, 5.74) is -0.640. The third kappa shape index (κ3) is 8.63. The monoisotopic (exact) mass is 318 g/mol. The maximum Gasteiger partial charge on any atom is 0.511 e. The third-order valence-corrected chi connectivity index (χ3v) is 2.52. The highest BCUT2D eigenvalue weighted by Crippen LogP contribution is 2.25. The lowest BCUT2D eigenvalue weighted by atomic mass is 10.1. The van der Waals surface area contributed by atoms with Crippen LogP contribution in [0.3, 0.4) is 0 Å². The molecule has 0 N–H and O–H groups in total. The molecule has 0 unspecified atom stereocenters. The van der Waals surface area contributed by atoms with Gasteiger partial charge >= 0.3 is 12.1 Å². The Morgan fingerprint density at radius 1 is 1.00 bits per heavy atom. The van der Waals surface area contributed by atoms with Crippen molar-refractivity contribution < 1.29 is 33.6 Å². The Labute approximate surface area is 131 Å². The molecule has 128 valence electrons. The summed E-state index contributed by atoms with van der Waals surface area (Å²) in [6.45, 7) is 14.7. The minimum Gasteiger partial charge on any atom is -0.428 e. The van der Waals surface area contributed by atoms with E-state index in [0.717, 1.165) is 6.08 Å². The Bertz CT molecular complexity index is 410. The predicted octanol–water partition coefficient (Wildman–Crippen LogP) is 3.48. The average molecular weight is 318 g/mol. The smallest absolute Gasteiger partial charge is 0.428 e. The molecule has 0 bridgehead atoms. The van der Waals surface area contributed by atoms with Crippen LogP contribution < -0.4 is 0 Å². The van der Waals surface area contributed by atoms with E-state index < -0.39 is 29.3 Å². The van der Waals surface area contributed by atoms with E-state index in [1.165, 1.54) is 27.7 Å². The molecule has 7 heteroatoms. The molecule has 0 aromatic carbocycles. The van der Waals surface area contributed by atoms with Gasteiger partial charge in [0, 0.05) is 19.9 Å². The predicted molar refractivity (Wildman–Crippen MR) is 78.6 cm³/mol. The van der Waals surface area contributed by atoms with Crippen LogP contribution in [-0.4, -0.2) is 29.3 Å². The first kappa shape index (κ1) is 20.4. The van der Waals surface area contributed by atoms with Crippen LogP contribution in [0.25, 0.3) is 0 Å². The second kappa shape index (κ2) is 7.60. The van der Waals surface area contributed by atoms with Crippen LogP contribution in [0, 0.1) is 0 Å². The van der Waals surface area contributed by atoms with E-state index in [-0.39, 0.29) is 0 Å². The number of rotatable bonds is 8. The summed E-state index contributed by atoms with van der Waals surface area (Å²) in [7, 11) is 0. The molecule has 0 aromatic heterocycles. The highest BCUT2D eigenvalue weighted by Gasteiger charge is 2.36. The Morgan fingerprint density at radius 3 is 2.00 bits per heavy atom. The van der Waals surface area contributed by atoms with Crippen molar-refractivity contribution in [1.29, 1.82) is 0 Å². The molecule has 0 saturated heterocycles. The van der Waals surface area contributed by atoms with E-state index >= 15 is 0 Å². The van der Waals surface area contributed by atoms with E-state index in [9.17, 15) is 9.59 Å². The molecular weight excluding hydrogens is 292 g/mol. The summed E-state index contributed by atoms with van der Waals surface area (Å²) in [5.74, 6) is -3.47. The topological polar surface area (TPSA) is 80.3 Å². The van der Waals surface area contributed by atoms with Gasteiger partial charge in [-0.1, -0.05) is 13.5 Å². The third-order valence-electron chi connectivity index (χ3n) is 2.52. The standard InChI is InChI=1S/C15H26O7/c1-9-11(16)20-22-15(7,8)21-14(5,6)19-12(17)18-13(3,4)10-2/h9H,1,10H2,2-8H3. The normalized spacial score (nSPS) is 12.5. The lowest BCUT2D eigenvalue weighted by Crippen LogP contribution is -2.43. The molecule has 0 rings (SSSR count). The number of hydrogen-bond acceptors (Lipinski definition) is 7. The Kier molecular flexibility index (Phi) is 7.05. The van der Waals surface area contributed by atoms with Gasteiger partial charge in [0.05, 0.1) is 0 Å². The first-order valence-electron chi connectivity index (χ1n) is 6.97. The SMILES string of the molecule is C=CC(=O)OOC(C)(C)OC(C)(C)OC(=O)OC(C)(C)CC. The van der Waals surface area contributed by atoms with Crippen LogP contribution in [0.4, 0.5) is 4.79 Å². The summed E-state index contributed by atoms with van der Waals surface area (Å²) >= 11 is 0. The highest BCUT2D eigenvalue weighted by molar-refractivity contribution is 5.80. The summed E-state index contributed by atoms with van der Waals surface area (Å²) in [6, 6.07) is 0. The molecule has 0 aromatic rings. The largest absolute Gasteiger partial charge is 0.511 e. The number of carbonyl (C=O) groups excluding carboxylic acids is 2. The Morgan fingerprint density at radius 2 is 1.55 bits per heavy atom. The molecule has 0 heterocycles. The fraction of sp³-hybridized carbons (Fsp3) is 0.733. The van der Waals surface area contributed by atoms with Crippen molar-refractivity contribution in [2.24, 2.45) is 0 Å². The van der Waals surface area contributed by atoms with E-state index in [1.54, 1.807) is 13.8 Å². The molecule has 0 aliphatic rings. The molecule has 22 heavy (non-hydrogen) atoms. The van der Waals surface area contributed by atoms with Crippen LogP contribution in [0.2, 0.25) is 0 Å². The molecule has 7 nitrogen and oxygen atoms in total. The van der Waals surface area contributed by atoms with Crippen molar-refractivity contribution in [3.63, 3.8) is 0 Å². The van der Waals surface area contributed by atoms with Crippen LogP contribution >= 0.6 is 0 Å². The average Bonchev–Trinajstić information content (AvgIpc) is 2.33. The lowest BCUT2D eigenvalue weighted by molar-refractivity contribution is -0.427. The maximum absolute atomic E-state index is 11.8. The summed E-state index contributed by atoms with van der Waals surface area (Å²) < 4.78 is 15.8. The summed E-state index contributed by atoms with van der Waals surface area (Å²) in [4.78, 5) is 32.0. The van der Waals surface area contributed by atoms with Gasteiger partial charge in [0.2, 0.25) is 11.6 Å². The van der Waals surface area contributed by atoms with Crippen molar-refractivity contribution >= 4 is 12.1 Å². The Hall–Kier alpha value is -1.60. The molecular formula is C15H26O7. The van der Waals surface area contributed by atoms with Gasteiger partial charge in [0.15, 0.2) is 0 Å². The molecule has 0 amide bonds. The second-order valence-electron chi connectivity index (χ2n) is 6.16. The highest BCUT2D eigenvalue weighted by atomic mass is 17.2. The van der Waals surface area contributed by atoms with Crippen molar-refractivity contribution in [3.8, 4) is 0 Å². The first-order valence-corrected chi connectivity index (χ1v) is 6.97. The van der Waals surface area contributed by atoms with Crippen molar-refractivity contribution in [2.75, 3.05) is 0 Å². The Balaban J connectivity index is 4.57. The van der Waals surface area contributed by atoms with Gasteiger partial charge in [0.1, 0.15) is 5.60 Å². The molecule has 0 aliphatic carbocycles. The first-order chi connectivity index (χ1) is 9.82. The molecule has 0 saturated carbocycles. The fourth-order valence-corrected chi connectivity index (χ4v) is 1.32. The minimum absolute atomic E-state index is 0.634. The zero-order chi connectivity index (χ0) is 17.6. The van der Waals surface area contributed by atoms with Gasteiger partial charge in [-0.3, -0.25) is 4.89 Å². The molecule has 0 atom stereocenters. The van der Waals surface area contributed by atoms with E-state index in [4.69, 9.17) is 19.1 Å². The van der Waals surface area contributed by atoms with E-state index in [2.05, 4.69) is 11.5 Å². The van der Waals surface area contributed by atoms with Crippen LogP contribution in [-0.2, 0) is 28.8 Å². The zero-order valence-electron chi connectivity index (χ0n) is 14.3. The number of hydrogen-bond donors (Lipinski definition) is 0.